The number of halogens is 1. The highest BCUT2D eigenvalue weighted by atomic mass is 19.1. The van der Waals surface area contributed by atoms with Crippen LogP contribution in [0.4, 0.5) is 38.5 Å². The topological polar surface area (TPSA) is 41.6 Å². The van der Waals surface area contributed by atoms with Gasteiger partial charge in [-0.25, -0.2) is 4.39 Å². The summed E-state index contributed by atoms with van der Waals surface area (Å²) in [6.45, 7) is 6.28. The number of benzene rings is 9. The van der Waals surface area contributed by atoms with Crippen molar-refractivity contribution in [2.75, 3.05) is 9.80 Å². The van der Waals surface area contributed by atoms with E-state index in [4.69, 9.17) is 8.83 Å². The Kier molecular flexibility index (Phi) is 7.38. The van der Waals surface area contributed by atoms with Crippen molar-refractivity contribution >= 4 is 138 Å². The standard InChI is InChI=1S/C61H37FN4O2/c1-35(2)36-21-25-40(26-22-36)63(38-13-5-3-6-14-38)48-31-29-44-56-54(48)46-33-51-47(34-50(46)65(56)58-42-17-9-11-19-52(42)67-60(44)58)55-49(64(39-15-7-4-8-16-39)41-27-23-37(62)24-28-41)32-30-45-57(55)66(51)59-43-18-10-12-20-53(43)68-61(45)59/h3-34H,1H2,2H3. The molecule has 15 rings (SSSR count). The summed E-state index contributed by atoms with van der Waals surface area (Å²) >= 11 is 0. The van der Waals surface area contributed by atoms with E-state index in [2.05, 4.69) is 165 Å². The second-order valence-corrected chi connectivity index (χ2v) is 18.0. The number of fused-ring (bicyclic) bond motifs is 16. The number of nitrogens with zero attached hydrogens (tertiary/aromatic N) is 4. The fraction of sp³-hybridized carbons (Fsp3) is 0.0164. The van der Waals surface area contributed by atoms with Crippen molar-refractivity contribution in [1.82, 2.24) is 8.80 Å². The highest BCUT2D eigenvalue weighted by Crippen LogP contribution is 2.53. The van der Waals surface area contributed by atoms with Gasteiger partial charge in [0.05, 0.1) is 33.4 Å². The van der Waals surface area contributed by atoms with Crippen molar-refractivity contribution in [2.24, 2.45) is 0 Å². The van der Waals surface area contributed by atoms with Crippen LogP contribution >= 0.6 is 0 Å². The summed E-state index contributed by atoms with van der Waals surface area (Å²) in [6.07, 6.45) is 0. The second kappa shape index (κ2) is 13.5. The Morgan fingerprint density at radius 3 is 1.29 bits per heavy atom. The normalized spacial score (nSPS) is 12.3. The van der Waals surface area contributed by atoms with Gasteiger partial charge in [0.2, 0.25) is 0 Å². The van der Waals surface area contributed by atoms with Gasteiger partial charge in [0.15, 0.2) is 11.2 Å². The molecule has 320 valence electrons. The van der Waals surface area contributed by atoms with Gasteiger partial charge in [-0.2, -0.15) is 0 Å². The average molecular weight is 877 g/mol. The molecule has 0 radical (unpaired) electrons. The number of hydrogen-bond acceptors (Lipinski definition) is 4. The molecule has 0 atom stereocenters. The maximum Gasteiger partial charge on any atom is 0.161 e. The monoisotopic (exact) mass is 876 g/mol. The summed E-state index contributed by atoms with van der Waals surface area (Å²) in [6, 6.07) is 66.8. The van der Waals surface area contributed by atoms with Gasteiger partial charge in [0.1, 0.15) is 28.0 Å². The first-order valence-electron chi connectivity index (χ1n) is 22.9. The Hall–Kier alpha value is -9.07. The third kappa shape index (κ3) is 4.89. The van der Waals surface area contributed by atoms with Crippen LogP contribution in [-0.2, 0) is 0 Å². The van der Waals surface area contributed by atoms with Crippen LogP contribution in [0, 0.1) is 5.82 Å². The molecule has 0 N–H and O–H groups in total. The number of allylic oxidation sites excluding steroid dienone is 1. The van der Waals surface area contributed by atoms with Gasteiger partial charge in [-0.1, -0.05) is 84.9 Å². The van der Waals surface area contributed by atoms with Crippen LogP contribution in [0.3, 0.4) is 0 Å². The van der Waals surface area contributed by atoms with Crippen molar-refractivity contribution in [3.05, 3.63) is 212 Å². The summed E-state index contributed by atoms with van der Waals surface area (Å²) in [5, 5.41) is 8.57. The molecule has 9 aromatic carbocycles. The van der Waals surface area contributed by atoms with Crippen molar-refractivity contribution in [3.63, 3.8) is 0 Å². The van der Waals surface area contributed by atoms with Crippen molar-refractivity contribution < 1.29 is 13.2 Å². The van der Waals surface area contributed by atoms with Crippen molar-refractivity contribution in [2.45, 2.75) is 6.92 Å². The first-order valence-corrected chi connectivity index (χ1v) is 22.9. The Morgan fingerprint density at radius 1 is 0.426 bits per heavy atom. The van der Waals surface area contributed by atoms with Crippen LogP contribution in [0.15, 0.2) is 210 Å². The van der Waals surface area contributed by atoms with Gasteiger partial charge in [-0.05, 0) is 134 Å². The molecule has 0 spiro atoms. The molecule has 6 aromatic heterocycles. The van der Waals surface area contributed by atoms with E-state index < -0.39 is 0 Å². The summed E-state index contributed by atoms with van der Waals surface area (Å²) in [5.41, 5.74) is 17.8. The minimum Gasteiger partial charge on any atom is -0.454 e. The Bertz CT molecular complexity index is 4520. The van der Waals surface area contributed by atoms with E-state index in [1.165, 1.54) is 12.1 Å². The maximum absolute atomic E-state index is 14.7. The van der Waals surface area contributed by atoms with E-state index in [0.717, 1.165) is 144 Å². The molecule has 15 aromatic rings. The quantitative estimate of drug-likeness (QED) is 0.160. The lowest BCUT2D eigenvalue weighted by atomic mass is 10.0. The van der Waals surface area contributed by atoms with Crippen LogP contribution in [0.25, 0.3) is 104 Å². The first kappa shape index (κ1) is 37.2. The number of rotatable bonds is 7. The van der Waals surface area contributed by atoms with Crippen LogP contribution < -0.4 is 9.80 Å². The Morgan fingerprint density at radius 2 is 0.838 bits per heavy atom. The largest absolute Gasteiger partial charge is 0.454 e. The van der Waals surface area contributed by atoms with Crippen LogP contribution in [-0.4, -0.2) is 8.80 Å². The van der Waals surface area contributed by atoms with E-state index >= 15 is 0 Å². The van der Waals surface area contributed by atoms with E-state index in [9.17, 15) is 4.39 Å². The maximum atomic E-state index is 14.7. The van der Waals surface area contributed by atoms with E-state index in [0.29, 0.717) is 0 Å². The molecule has 0 bridgehead atoms. The Balaban J connectivity index is 1.15. The molecular formula is C61H37FN4O2. The van der Waals surface area contributed by atoms with Crippen molar-refractivity contribution in [1.29, 1.82) is 0 Å². The van der Waals surface area contributed by atoms with E-state index in [1.807, 2.05) is 49.4 Å². The zero-order valence-corrected chi connectivity index (χ0v) is 36.7. The number of furan rings is 2. The van der Waals surface area contributed by atoms with Crippen LogP contribution in [0.1, 0.15) is 12.5 Å². The third-order valence-electron chi connectivity index (χ3n) is 14.2. The summed E-state index contributed by atoms with van der Waals surface area (Å²) in [7, 11) is 0. The summed E-state index contributed by atoms with van der Waals surface area (Å²) in [4.78, 5) is 4.62. The minimum atomic E-state index is -0.284. The van der Waals surface area contributed by atoms with E-state index in [1.54, 1.807) is 0 Å². The second-order valence-electron chi connectivity index (χ2n) is 18.0. The molecule has 7 heteroatoms. The van der Waals surface area contributed by atoms with Gasteiger partial charge >= 0.3 is 0 Å². The molecule has 0 unspecified atom stereocenters. The molecule has 68 heavy (non-hydrogen) atoms. The number of hydrogen-bond donors (Lipinski definition) is 0. The fourth-order valence-electron chi connectivity index (χ4n) is 11.3. The molecule has 0 aliphatic rings. The molecule has 0 aliphatic carbocycles. The Labute approximate surface area is 387 Å². The average Bonchev–Trinajstić information content (AvgIpc) is 4.22. The fourth-order valence-corrected chi connectivity index (χ4v) is 11.3. The predicted octanol–water partition coefficient (Wildman–Crippen LogP) is 17.6. The number of aromatic nitrogens is 2. The molecule has 0 saturated carbocycles. The third-order valence-corrected chi connectivity index (χ3v) is 14.2. The van der Waals surface area contributed by atoms with Crippen LogP contribution in [0.5, 0.6) is 0 Å². The summed E-state index contributed by atoms with van der Waals surface area (Å²) < 4.78 is 33.2. The lowest BCUT2D eigenvalue weighted by molar-refractivity contribution is 0.628. The molecule has 0 saturated heterocycles. The zero-order valence-electron chi connectivity index (χ0n) is 36.7. The lowest BCUT2D eigenvalue weighted by Gasteiger charge is -2.26. The van der Waals surface area contributed by atoms with E-state index in [-0.39, 0.29) is 5.82 Å². The molecular weight excluding hydrogens is 840 g/mol. The molecule has 6 heterocycles. The first-order chi connectivity index (χ1) is 33.5. The number of anilines is 6. The minimum absolute atomic E-state index is 0.284. The molecule has 0 fully saturated rings. The molecule has 6 nitrogen and oxygen atoms in total. The zero-order chi connectivity index (χ0) is 44.9. The SMILES string of the molecule is C=C(C)c1ccc(N(c2ccccc2)c2ccc3c4oc5ccccc5c4n4c5cc6c7c(N(c8ccccc8)c8ccc(F)cc8)ccc8c9oc%10ccccc%10c9n(c6cc5c2c34)c87)cc1. The number of para-hydroxylation sites is 4. The predicted molar refractivity (Wildman–Crippen MR) is 279 cm³/mol. The molecule has 0 aliphatic heterocycles. The molecule has 0 amide bonds. The smallest absolute Gasteiger partial charge is 0.161 e. The summed E-state index contributed by atoms with van der Waals surface area (Å²) in [5.74, 6) is -0.284. The van der Waals surface area contributed by atoms with Gasteiger partial charge in [0.25, 0.3) is 0 Å². The van der Waals surface area contributed by atoms with Gasteiger partial charge in [-0.3, -0.25) is 0 Å². The highest BCUT2D eigenvalue weighted by molar-refractivity contribution is 6.34. The van der Waals surface area contributed by atoms with Gasteiger partial charge in [0, 0.05) is 65.8 Å². The van der Waals surface area contributed by atoms with Gasteiger partial charge in [-0.15, -0.1) is 0 Å². The van der Waals surface area contributed by atoms with Crippen molar-refractivity contribution in [3.8, 4) is 0 Å². The van der Waals surface area contributed by atoms with Crippen LogP contribution in [0.2, 0.25) is 0 Å². The highest BCUT2D eigenvalue weighted by Gasteiger charge is 2.31. The lowest BCUT2D eigenvalue weighted by Crippen LogP contribution is -2.10. The van der Waals surface area contributed by atoms with Gasteiger partial charge < -0.3 is 27.4 Å².